The van der Waals surface area contributed by atoms with E-state index in [4.69, 9.17) is 0 Å². The number of halogens is 1. The van der Waals surface area contributed by atoms with Gasteiger partial charge in [0.1, 0.15) is 0 Å². The predicted molar refractivity (Wildman–Crippen MR) is 146 cm³/mol. The molecule has 0 aromatic heterocycles. The van der Waals surface area contributed by atoms with Crippen LogP contribution in [0.5, 0.6) is 0 Å². The van der Waals surface area contributed by atoms with Crippen molar-refractivity contribution in [2.45, 2.75) is 5.92 Å². The van der Waals surface area contributed by atoms with E-state index in [0.29, 0.717) is 24.2 Å². The number of hydrogen-bond donors (Lipinski definition) is 0. The fraction of sp³-hybridized carbons (Fsp3) is 0.276. The van der Waals surface area contributed by atoms with Crippen LogP contribution >= 0.6 is 22.6 Å². The number of likely N-dealkylation sites (N-methyl/N-ethyl adjacent to an activating group) is 1. The summed E-state index contributed by atoms with van der Waals surface area (Å²) in [7, 11) is 3.44. The Kier molecular flexibility index (Phi) is 8.13. The highest BCUT2D eigenvalue weighted by molar-refractivity contribution is 14.1. The monoisotopic (exact) mass is 580 g/mol. The Labute approximate surface area is 220 Å². The Morgan fingerprint density at radius 3 is 1.77 bits per heavy atom. The van der Waals surface area contributed by atoms with Crippen LogP contribution in [0.15, 0.2) is 84.9 Å². The lowest BCUT2D eigenvalue weighted by Crippen LogP contribution is -2.52. The molecule has 0 N–H and O–H groups in total. The zero-order chi connectivity index (χ0) is 24.9. The summed E-state index contributed by atoms with van der Waals surface area (Å²) in [6.07, 6.45) is 0. The van der Waals surface area contributed by atoms with Crippen molar-refractivity contribution in [3.05, 3.63) is 105 Å². The van der Waals surface area contributed by atoms with E-state index in [1.807, 2.05) is 83.8 Å². The van der Waals surface area contributed by atoms with Crippen LogP contribution in [0.2, 0.25) is 0 Å². The molecule has 3 aromatic carbocycles. The maximum atomic E-state index is 13.9. The summed E-state index contributed by atoms with van der Waals surface area (Å²) in [4.78, 5) is 43.9. The van der Waals surface area contributed by atoms with Crippen LogP contribution in [-0.4, -0.2) is 61.0 Å². The van der Waals surface area contributed by atoms with Gasteiger partial charge in [-0.25, -0.2) is 0 Å². The van der Waals surface area contributed by atoms with Crippen LogP contribution in [0.3, 0.4) is 0 Å². The fourth-order valence-corrected chi connectivity index (χ4v) is 5.47. The van der Waals surface area contributed by atoms with Crippen LogP contribution in [0.1, 0.15) is 32.2 Å². The molecule has 1 aliphatic rings. The van der Waals surface area contributed by atoms with Crippen LogP contribution in [0.25, 0.3) is 0 Å². The van der Waals surface area contributed by atoms with Gasteiger partial charge in [-0.05, 0) is 40.3 Å². The molecule has 2 unspecified atom stereocenters. The van der Waals surface area contributed by atoms with Gasteiger partial charge in [0.2, 0.25) is 5.91 Å². The predicted octanol–water partition coefficient (Wildman–Crippen LogP) is 4.78. The molecule has 3 aromatic rings. The molecule has 0 bridgehead atoms. The third kappa shape index (κ3) is 5.87. The maximum absolute atomic E-state index is 13.9. The van der Waals surface area contributed by atoms with Gasteiger partial charge >= 0.3 is 0 Å². The molecule has 4 rings (SSSR count). The van der Waals surface area contributed by atoms with E-state index >= 15 is 0 Å². The first kappa shape index (κ1) is 25.3. The van der Waals surface area contributed by atoms with E-state index < -0.39 is 11.8 Å². The maximum Gasteiger partial charge on any atom is 0.236 e. The summed E-state index contributed by atoms with van der Waals surface area (Å²) < 4.78 is 1.06. The summed E-state index contributed by atoms with van der Waals surface area (Å²) >= 11 is 2.27. The van der Waals surface area contributed by atoms with Gasteiger partial charge in [0.15, 0.2) is 11.6 Å². The Morgan fingerprint density at radius 2 is 1.31 bits per heavy atom. The normalized spacial score (nSPS) is 20.3. The molecule has 6 heteroatoms. The molecular formula is C29H29IN2O3. The van der Waals surface area contributed by atoms with Crippen LogP contribution in [0.4, 0.5) is 0 Å². The van der Waals surface area contributed by atoms with Crippen molar-refractivity contribution in [3.63, 3.8) is 0 Å². The number of amides is 1. The molecular weight excluding hydrogens is 551 g/mol. The van der Waals surface area contributed by atoms with Gasteiger partial charge in [0.25, 0.3) is 0 Å². The Bertz CT molecular complexity index is 1140. The minimum atomic E-state index is -0.461. The number of carbonyl (C=O) groups excluding carboxylic acids is 3. The highest BCUT2D eigenvalue weighted by Gasteiger charge is 2.45. The summed E-state index contributed by atoms with van der Waals surface area (Å²) in [5.41, 5.74) is 2.23. The van der Waals surface area contributed by atoms with Crippen LogP contribution in [-0.2, 0) is 4.79 Å². The number of piperidine rings is 1. The minimum absolute atomic E-state index is 0.00215. The van der Waals surface area contributed by atoms with Crippen LogP contribution in [0, 0.1) is 15.4 Å². The minimum Gasteiger partial charge on any atom is -0.348 e. The number of likely N-dealkylation sites (tertiary alicyclic amines) is 1. The Balaban J connectivity index is 1.81. The third-order valence-electron chi connectivity index (χ3n) is 6.66. The molecule has 1 fully saturated rings. The molecule has 0 spiro atoms. The van der Waals surface area contributed by atoms with Gasteiger partial charge in [0, 0.05) is 59.6 Å². The topological polar surface area (TPSA) is 57.7 Å². The number of carbonyl (C=O) groups is 3. The van der Waals surface area contributed by atoms with E-state index in [1.165, 1.54) is 0 Å². The molecule has 0 radical (unpaired) electrons. The van der Waals surface area contributed by atoms with Crippen molar-refractivity contribution in [1.82, 2.24) is 9.80 Å². The van der Waals surface area contributed by atoms with Gasteiger partial charge in [-0.1, -0.05) is 72.8 Å². The SMILES string of the molecule is CN(C)C(=O)CN1CC(C(=O)c2ccccc2)C(c2cccc(I)c2)C(C(=O)c2ccccc2)C1. The van der Waals surface area contributed by atoms with E-state index in [9.17, 15) is 14.4 Å². The first-order valence-corrected chi connectivity index (χ1v) is 12.8. The number of Topliss-reactive ketones (excluding diaryl/α,β-unsaturated/α-hetero) is 2. The molecule has 0 aliphatic carbocycles. The van der Waals surface area contributed by atoms with Crippen molar-refractivity contribution in [3.8, 4) is 0 Å². The molecule has 1 amide bonds. The van der Waals surface area contributed by atoms with Crippen molar-refractivity contribution in [2.75, 3.05) is 33.7 Å². The molecule has 1 aliphatic heterocycles. The van der Waals surface area contributed by atoms with Crippen molar-refractivity contribution < 1.29 is 14.4 Å². The quantitative estimate of drug-likeness (QED) is 0.299. The first-order chi connectivity index (χ1) is 16.8. The highest BCUT2D eigenvalue weighted by atomic mass is 127. The second kappa shape index (κ2) is 11.3. The average molecular weight is 580 g/mol. The van der Waals surface area contributed by atoms with Gasteiger partial charge in [-0.15, -0.1) is 0 Å². The standard InChI is InChI=1S/C29H29IN2O3/c1-31(2)26(33)19-32-17-24(28(34)20-10-5-3-6-11-20)27(22-14-9-15-23(30)16-22)25(18-32)29(35)21-12-7-4-8-13-21/h3-16,24-25,27H,17-19H2,1-2H3. The van der Waals surface area contributed by atoms with E-state index in [0.717, 1.165) is 9.13 Å². The van der Waals surface area contributed by atoms with Crippen molar-refractivity contribution >= 4 is 40.1 Å². The molecule has 35 heavy (non-hydrogen) atoms. The van der Waals surface area contributed by atoms with E-state index in [1.54, 1.807) is 19.0 Å². The Hall–Kier alpha value is -2.84. The number of nitrogens with zero attached hydrogens (tertiary/aromatic N) is 2. The number of ketones is 2. The molecule has 0 saturated carbocycles. The summed E-state index contributed by atoms with van der Waals surface area (Å²) in [5.74, 6) is -1.26. The zero-order valence-corrected chi connectivity index (χ0v) is 22.1. The van der Waals surface area contributed by atoms with Crippen molar-refractivity contribution in [2.24, 2.45) is 11.8 Å². The second-order valence-corrected chi connectivity index (χ2v) is 10.5. The van der Waals surface area contributed by atoms with Gasteiger partial charge in [0.05, 0.1) is 6.54 Å². The largest absolute Gasteiger partial charge is 0.348 e. The molecule has 180 valence electrons. The molecule has 1 heterocycles. The fourth-order valence-electron chi connectivity index (χ4n) is 4.90. The number of benzene rings is 3. The van der Waals surface area contributed by atoms with E-state index in [2.05, 4.69) is 28.7 Å². The summed E-state index contributed by atoms with van der Waals surface area (Å²) in [6.45, 7) is 1.01. The summed E-state index contributed by atoms with van der Waals surface area (Å²) in [5, 5.41) is 0. The highest BCUT2D eigenvalue weighted by Crippen LogP contribution is 2.41. The zero-order valence-electron chi connectivity index (χ0n) is 19.9. The van der Waals surface area contributed by atoms with Gasteiger partial charge in [-0.2, -0.15) is 0 Å². The molecule has 5 nitrogen and oxygen atoms in total. The van der Waals surface area contributed by atoms with Gasteiger partial charge in [-0.3, -0.25) is 19.3 Å². The molecule has 2 atom stereocenters. The number of rotatable bonds is 7. The number of hydrogen-bond acceptors (Lipinski definition) is 4. The first-order valence-electron chi connectivity index (χ1n) is 11.7. The van der Waals surface area contributed by atoms with Crippen molar-refractivity contribution in [1.29, 1.82) is 0 Å². The van der Waals surface area contributed by atoms with Gasteiger partial charge < -0.3 is 4.90 Å². The summed E-state index contributed by atoms with van der Waals surface area (Å²) in [6, 6.07) is 26.6. The lowest BCUT2D eigenvalue weighted by Gasteiger charge is -2.43. The second-order valence-electron chi connectivity index (χ2n) is 9.24. The lowest BCUT2D eigenvalue weighted by molar-refractivity contribution is -0.130. The smallest absolute Gasteiger partial charge is 0.236 e. The average Bonchev–Trinajstić information content (AvgIpc) is 2.88. The lowest BCUT2D eigenvalue weighted by atomic mass is 9.68. The Morgan fingerprint density at radius 1 is 0.800 bits per heavy atom. The third-order valence-corrected chi connectivity index (χ3v) is 7.33. The molecule has 1 saturated heterocycles. The van der Waals surface area contributed by atoms with Crippen LogP contribution < -0.4 is 0 Å². The van der Waals surface area contributed by atoms with E-state index in [-0.39, 0.29) is 29.9 Å².